The number of hydrogen-bond donors (Lipinski definition) is 1. The van der Waals surface area contributed by atoms with Gasteiger partial charge in [-0.05, 0) is 35.4 Å². The van der Waals surface area contributed by atoms with Crippen molar-refractivity contribution in [2.75, 3.05) is 12.4 Å². The lowest BCUT2D eigenvalue weighted by Crippen LogP contribution is -2.14. The highest BCUT2D eigenvalue weighted by Crippen LogP contribution is 2.29. The average molecular weight is 323 g/mol. The molecular weight excluding hydrogens is 307 g/mol. The Bertz CT molecular complexity index is 666. The SMILES string of the molecule is COCc1cccc(NC(=O)Cc2ccc(C(F)(F)F)cc2)c1. The predicted octanol–water partition coefficient (Wildman–Crippen LogP) is 4.03. The highest BCUT2D eigenvalue weighted by atomic mass is 19.4. The summed E-state index contributed by atoms with van der Waals surface area (Å²) in [5.74, 6) is -0.292. The fourth-order valence-corrected chi connectivity index (χ4v) is 2.11. The Morgan fingerprint density at radius 1 is 1.09 bits per heavy atom. The van der Waals surface area contributed by atoms with Crippen molar-refractivity contribution >= 4 is 11.6 Å². The normalized spacial score (nSPS) is 11.3. The molecule has 0 aliphatic rings. The molecule has 0 atom stereocenters. The summed E-state index contributed by atoms with van der Waals surface area (Å²) in [6.07, 6.45) is -4.37. The first kappa shape index (κ1) is 17.0. The number of ether oxygens (including phenoxy) is 1. The Labute approximate surface area is 132 Å². The van der Waals surface area contributed by atoms with Crippen molar-refractivity contribution in [2.45, 2.75) is 19.2 Å². The maximum Gasteiger partial charge on any atom is 0.416 e. The van der Waals surface area contributed by atoms with E-state index in [1.54, 1.807) is 25.3 Å². The minimum Gasteiger partial charge on any atom is -0.380 e. The van der Waals surface area contributed by atoms with E-state index in [0.717, 1.165) is 17.7 Å². The average Bonchev–Trinajstić information content (AvgIpc) is 2.47. The van der Waals surface area contributed by atoms with Gasteiger partial charge in [0.1, 0.15) is 0 Å². The molecule has 0 heterocycles. The second-order valence-corrected chi connectivity index (χ2v) is 5.05. The second-order valence-electron chi connectivity index (χ2n) is 5.05. The smallest absolute Gasteiger partial charge is 0.380 e. The van der Waals surface area contributed by atoms with Gasteiger partial charge in [0, 0.05) is 12.8 Å². The van der Waals surface area contributed by atoms with E-state index in [-0.39, 0.29) is 12.3 Å². The van der Waals surface area contributed by atoms with Gasteiger partial charge >= 0.3 is 6.18 Å². The van der Waals surface area contributed by atoms with Gasteiger partial charge in [0.15, 0.2) is 0 Å². The van der Waals surface area contributed by atoms with Crippen LogP contribution in [0.4, 0.5) is 18.9 Å². The van der Waals surface area contributed by atoms with Gasteiger partial charge in [-0.25, -0.2) is 0 Å². The van der Waals surface area contributed by atoms with Crippen LogP contribution >= 0.6 is 0 Å². The van der Waals surface area contributed by atoms with Crippen LogP contribution in [0, 0.1) is 0 Å². The predicted molar refractivity (Wildman–Crippen MR) is 80.9 cm³/mol. The molecule has 23 heavy (non-hydrogen) atoms. The highest BCUT2D eigenvalue weighted by molar-refractivity contribution is 5.92. The molecule has 0 radical (unpaired) electrons. The molecule has 0 spiro atoms. The van der Waals surface area contributed by atoms with E-state index in [2.05, 4.69) is 5.32 Å². The van der Waals surface area contributed by atoms with Gasteiger partial charge < -0.3 is 10.1 Å². The summed E-state index contributed by atoms with van der Waals surface area (Å²) in [6, 6.07) is 11.8. The molecule has 0 aliphatic heterocycles. The molecule has 122 valence electrons. The van der Waals surface area contributed by atoms with Gasteiger partial charge in [-0.1, -0.05) is 24.3 Å². The molecule has 1 amide bonds. The number of anilines is 1. The summed E-state index contributed by atoms with van der Waals surface area (Å²) in [7, 11) is 1.58. The lowest BCUT2D eigenvalue weighted by atomic mass is 10.1. The molecule has 2 rings (SSSR count). The summed E-state index contributed by atoms with van der Waals surface area (Å²) in [4.78, 5) is 12.0. The highest BCUT2D eigenvalue weighted by Gasteiger charge is 2.29. The Balaban J connectivity index is 1.98. The monoisotopic (exact) mass is 323 g/mol. The lowest BCUT2D eigenvalue weighted by molar-refractivity contribution is -0.137. The fraction of sp³-hybridized carbons (Fsp3) is 0.235. The van der Waals surface area contributed by atoms with E-state index in [1.807, 2.05) is 6.07 Å². The minimum atomic E-state index is -4.37. The molecule has 6 heteroatoms. The first-order valence-corrected chi connectivity index (χ1v) is 6.92. The quantitative estimate of drug-likeness (QED) is 0.902. The molecule has 1 N–H and O–H groups in total. The van der Waals surface area contributed by atoms with E-state index >= 15 is 0 Å². The number of carbonyl (C=O) groups excluding carboxylic acids is 1. The van der Waals surface area contributed by atoms with Crippen LogP contribution in [0.15, 0.2) is 48.5 Å². The van der Waals surface area contributed by atoms with E-state index in [9.17, 15) is 18.0 Å². The van der Waals surface area contributed by atoms with E-state index in [0.29, 0.717) is 17.9 Å². The van der Waals surface area contributed by atoms with E-state index in [1.165, 1.54) is 12.1 Å². The zero-order valence-electron chi connectivity index (χ0n) is 12.5. The number of benzene rings is 2. The molecule has 0 aromatic heterocycles. The fourth-order valence-electron chi connectivity index (χ4n) is 2.11. The maximum atomic E-state index is 12.5. The summed E-state index contributed by atoms with van der Waals surface area (Å²) >= 11 is 0. The Morgan fingerprint density at radius 3 is 2.39 bits per heavy atom. The molecule has 0 aliphatic carbocycles. The molecule has 0 saturated heterocycles. The largest absolute Gasteiger partial charge is 0.416 e. The lowest BCUT2D eigenvalue weighted by Gasteiger charge is -2.09. The second kappa shape index (κ2) is 7.28. The van der Waals surface area contributed by atoms with Crippen LogP contribution in [-0.4, -0.2) is 13.0 Å². The van der Waals surface area contributed by atoms with Crippen molar-refractivity contribution < 1.29 is 22.7 Å². The van der Waals surface area contributed by atoms with Gasteiger partial charge in [-0.15, -0.1) is 0 Å². The van der Waals surface area contributed by atoms with Crippen LogP contribution in [0.1, 0.15) is 16.7 Å². The number of amides is 1. The molecule has 2 aromatic carbocycles. The zero-order chi connectivity index (χ0) is 16.9. The number of hydrogen-bond acceptors (Lipinski definition) is 2. The standard InChI is InChI=1S/C17H16F3NO2/c1-23-11-13-3-2-4-15(9-13)21-16(22)10-12-5-7-14(8-6-12)17(18,19)20/h2-9H,10-11H2,1H3,(H,21,22). The molecular formula is C17H16F3NO2. The first-order chi connectivity index (χ1) is 10.9. The summed E-state index contributed by atoms with van der Waals surface area (Å²) < 4.78 is 42.5. The third kappa shape index (κ3) is 5.10. The van der Waals surface area contributed by atoms with E-state index < -0.39 is 11.7 Å². The van der Waals surface area contributed by atoms with E-state index in [4.69, 9.17) is 4.74 Å². The number of nitrogens with one attached hydrogen (secondary N) is 1. The van der Waals surface area contributed by atoms with Crippen molar-refractivity contribution in [3.05, 3.63) is 65.2 Å². The van der Waals surface area contributed by atoms with Crippen molar-refractivity contribution in [1.82, 2.24) is 0 Å². The Morgan fingerprint density at radius 2 is 1.78 bits per heavy atom. The molecule has 0 fully saturated rings. The number of rotatable bonds is 5. The molecule has 0 saturated carbocycles. The van der Waals surface area contributed by atoms with Crippen LogP contribution in [0.3, 0.4) is 0 Å². The van der Waals surface area contributed by atoms with Crippen molar-refractivity contribution in [2.24, 2.45) is 0 Å². The number of halogens is 3. The van der Waals surface area contributed by atoms with Crippen LogP contribution in [-0.2, 0) is 28.7 Å². The summed E-state index contributed by atoms with van der Waals surface area (Å²) in [6.45, 7) is 0.433. The van der Waals surface area contributed by atoms with Gasteiger partial charge in [0.25, 0.3) is 0 Å². The van der Waals surface area contributed by atoms with Crippen molar-refractivity contribution in [1.29, 1.82) is 0 Å². The van der Waals surface area contributed by atoms with Gasteiger partial charge in [-0.3, -0.25) is 4.79 Å². The third-order valence-corrected chi connectivity index (χ3v) is 3.17. The topological polar surface area (TPSA) is 38.3 Å². The molecule has 3 nitrogen and oxygen atoms in total. The van der Waals surface area contributed by atoms with Crippen LogP contribution in [0.2, 0.25) is 0 Å². The zero-order valence-corrected chi connectivity index (χ0v) is 12.5. The van der Waals surface area contributed by atoms with Crippen LogP contribution in [0.5, 0.6) is 0 Å². The number of methoxy groups -OCH3 is 1. The van der Waals surface area contributed by atoms with Crippen LogP contribution < -0.4 is 5.32 Å². The van der Waals surface area contributed by atoms with Crippen molar-refractivity contribution in [3.63, 3.8) is 0 Å². The third-order valence-electron chi connectivity index (χ3n) is 3.17. The number of carbonyl (C=O) groups is 1. The first-order valence-electron chi connectivity index (χ1n) is 6.92. The maximum absolute atomic E-state index is 12.5. The molecule has 0 unspecified atom stereocenters. The van der Waals surface area contributed by atoms with Crippen LogP contribution in [0.25, 0.3) is 0 Å². The Hall–Kier alpha value is -2.34. The molecule has 0 bridgehead atoms. The summed E-state index contributed by atoms with van der Waals surface area (Å²) in [5.41, 5.74) is 1.33. The Kier molecular flexibility index (Phi) is 5.39. The van der Waals surface area contributed by atoms with Crippen molar-refractivity contribution in [3.8, 4) is 0 Å². The molecule has 2 aromatic rings. The van der Waals surface area contributed by atoms with Gasteiger partial charge in [0.2, 0.25) is 5.91 Å². The summed E-state index contributed by atoms with van der Waals surface area (Å²) in [5, 5.41) is 2.72. The minimum absolute atomic E-state index is 0.00659. The van der Waals surface area contributed by atoms with Gasteiger partial charge in [0.05, 0.1) is 18.6 Å². The number of alkyl halides is 3. The van der Waals surface area contributed by atoms with Gasteiger partial charge in [-0.2, -0.15) is 13.2 Å².